The number of nitrogens with zero attached hydrogens (tertiary/aromatic N) is 1. The lowest BCUT2D eigenvalue weighted by atomic mass is 10.1. The first-order valence-corrected chi connectivity index (χ1v) is 11.2. The molecule has 1 aromatic carbocycles. The molecule has 188 valence electrons. The van der Waals surface area contributed by atoms with Crippen molar-refractivity contribution in [3.63, 3.8) is 0 Å². The molecule has 0 atom stereocenters. The second-order valence-electron chi connectivity index (χ2n) is 7.70. The van der Waals surface area contributed by atoms with Gasteiger partial charge in [-0.05, 0) is 69.4 Å². The van der Waals surface area contributed by atoms with Crippen molar-refractivity contribution < 1.29 is 22.7 Å². The summed E-state index contributed by atoms with van der Waals surface area (Å²) in [4.78, 5) is 13.0. The largest absolute Gasteiger partial charge is 0.416 e. The molecule has 4 nitrogen and oxygen atoms in total. The van der Waals surface area contributed by atoms with E-state index in [1.807, 2.05) is 0 Å². The van der Waals surface area contributed by atoms with E-state index in [9.17, 15) is 18.0 Å². The van der Waals surface area contributed by atoms with Crippen LogP contribution in [0.15, 0.2) is 60.2 Å². The van der Waals surface area contributed by atoms with Gasteiger partial charge in [0.15, 0.2) is 0 Å². The van der Waals surface area contributed by atoms with Crippen LogP contribution in [-0.4, -0.2) is 44.7 Å². The van der Waals surface area contributed by atoms with Gasteiger partial charge >= 0.3 is 6.18 Å². The molecule has 0 radical (unpaired) electrons. The zero-order chi connectivity index (χ0) is 25.8. The second kappa shape index (κ2) is 18.6. The highest BCUT2D eigenvalue weighted by molar-refractivity contribution is 5.76. The monoisotopic (exact) mass is 478 g/mol. The minimum atomic E-state index is -4.34. The Kier molecular flexibility index (Phi) is 17.0. The molecule has 34 heavy (non-hydrogen) atoms. The van der Waals surface area contributed by atoms with Crippen molar-refractivity contribution in [2.24, 2.45) is 5.73 Å². The molecule has 2 N–H and O–H groups in total. The summed E-state index contributed by atoms with van der Waals surface area (Å²) in [5, 5.41) is 0. The Balaban J connectivity index is 0.000000540. The van der Waals surface area contributed by atoms with Gasteiger partial charge < -0.3 is 15.4 Å². The van der Waals surface area contributed by atoms with Crippen molar-refractivity contribution in [2.45, 2.75) is 44.7 Å². The standard InChI is InChI=1S/C14H21N.C9H8F3NO.C2H6O.C2H2/c1-2-4-9-14(8-3-1)10-7-13-15-11-5-6-12-15;10-9(11,12)7-3-1-6(2-4-7)5-8(13)14;1-3-2;1-2/h1-3,8-9H,4-7,10-13H2;1-4H,5H2,(H2,13,14);1-2H3;1-2H. The summed E-state index contributed by atoms with van der Waals surface area (Å²) in [6.07, 6.45) is 21.2. The average molecular weight is 479 g/mol. The first kappa shape index (κ1) is 31.2. The van der Waals surface area contributed by atoms with Crippen LogP contribution in [0.3, 0.4) is 0 Å². The summed E-state index contributed by atoms with van der Waals surface area (Å²) >= 11 is 0. The number of carbonyl (C=O) groups is 1. The van der Waals surface area contributed by atoms with Crippen molar-refractivity contribution in [2.75, 3.05) is 33.9 Å². The molecule has 0 unspecified atom stereocenters. The molecule has 1 amide bonds. The summed E-state index contributed by atoms with van der Waals surface area (Å²) in [6.45, 7) is 3.95. The third-order valence-electron chi connectivity index (χ3n) is 4.87. The molecule has 3 rings (SSSR count). The van der Waals surface area contributed by atoms with Crippen molar-refractivity contribution in [3.05, 3.63) is 71.3 Å². The molecule has 0 bridgehead atoms. The molecule has 0 spiro atoms. The number of hydrogen-bond acceptors (Lipinski definition) is 3. The molecule has 0 saturated carbocycles. The smallest absolute Gasteiger partial charge is 0.388 e. The number of primary amides is 1. The van der Waals surface area contributed by atoms with Crippen molar-refractivity contribution in [3.8, 4) is 12.8 Å². The number of methoxy groups -OCH3 is 1. The lowest BCUT2D eigenvalue weighted by Crippen LogP contribution is -2.20. The summed E-state index contributed by atoms with van der Waals surface area (Å²) in [6, 6.07) is 4.34. The van der Waals surface area contributed by atoms with Crippen LogP contribution in [0.2, 0.25) is 0 Å². The number of halogens is 3. The van der Waals surface area contributed by atoms with Crippen molar-refractivity contribution in [1.29, 1.82) is 0 Å². The predicted octanol–water partition coefficient (Wildman–Crippen LogP) is 5.55. The fraction of sp³-hybridized carbons (Fsp3) is 0.444. The van der Waals surface area contributed by atoms with E-state index in [4.69, 9.17) is 5.73 Å². The predicted molar refractivity (Wildman–Crippen MR) is 133 cm³/mol. The van der Waals surface area contributed by atoms with Crippen LogP contribution in [0.1, 0.15) is 43.2 Å². The Morgan fingerprint density at radius 1 is 1.09 bits per heavy atom. The van der Waals surface area contributed by atoms with E-state index in [1.165, 1.54) is 63.0 Å². The van der Waals surface area contributed by atoms with E-state index in [2.05, 4.69) is 52.9 Å². The Hall–Kier alpha value is -2.82. The average Bonchev–Trinajstić information content (AvgIpc) is 3.18. The SMILES string of the molecule is C#C.C1=CCC=C(CCCN2CCCC2)C=C1.COC.NC(=O)Cc1ccc(C(F)(F)F)cc1. The normalized spacial score (nSPS) is 14.9. The molecule has 1 heterocycles. The van der Waals surface area contributed by atoms with Crippen LogP contribution >= 0.6 is 0 Å². The van der Waals surface area contributed by atoms with E-state index >= 15 is 0 Å². The van der Waals surface area contributed by atoms with Gasteiger partial charge in [0.25, 0.3) is 0 Å². The molecular weight excluding hydrogens is 441 g/mol. The molecule has 1 aromatic rings. The number of nitrogens with two attached hydrogens (primary N) is 1. The zero-order valence-corrected chi connectivity index (χ0v) is 20.2. The topological polar surface area (TPSA) is 55.6 Å². The highest BCUT2D eigenvalue weighted by Gasteiger charge is 2.29. The third kappa shape index (κ3) is 15.1. The van der Waals surface area contributed by atoms with E-state index in [-0.39, 0.29) is 6.42 Å². The fourth-order valence-electron chi connectivity index (χ4n) is 3.33. The van der Waals surface area contributed by atoms with Gasteiger partial charge in [-0.25, -0.2) is 0 Å². The number of alkyl halides is 3. The molecule has 2 aliphatic rings. The molecule has 7 heteroatoms. The van der Waals surface area contributed by atoms with Crippen LogP contribution in [0.25, 0.3) is 0 Å². The van der Waals surface area contributed by atoms with Crippen molar-refractivity contribution >= 4 is 5.91 Å². The van der Waals surface area contributed by atoms with E-state index in [1.54, 1.807) is 14.2 Å². The number of terminal acetylenes is 1. The molecular formula is C27H37F3N2O2. The van der Waals surface area contributed by atoms with Gasteiger partial charge in [0.1, 0.15) is 0 Å². The first-order valence-electron chi connectivity index (χ1n) is 11.2. The number of carbonyl (C=O) groups excluding carboxylic acids is 1. The number of likely N-dealkylation sites (tertiary alicyclic amines) is 1. The molecule has 0 aromatic heterocycles. The van der Waals surface area contributed by atoms with E-state index < -0.39 is 17.6 Å². The molecule has 1 aliphatic carbocycles. The highest BCUT2D eigenvalue weighted by Crippen LogP contribution is 2.29. The Labute approximate surface area is 202 Å². The summed E-state index contributed by atoms with van der Waals surface area (Å²) < 4.78 is 40.5. The molecule has 1 saturated heterocycles. The first-order chi connectivity index (χ1) is 16.3. The summed E-state index contributed by atoms with van der Waals surface area (Å²) in [7, 11) is 3.25. The van der Waals surface area contributed by atoms with Gasteiger partial charge in [-0.15, -0.1) is 12.8 Å². The highest BCUT2D eigenvalue weighted by atomic mass is 19.4. The number of allylic oxidation sites excluding steroid dienone is 6. The van der Waals surface area contributed by atoms with Gasteiger partial charge in [-0.3, -0.25) is 4.79 Å². The maximum atomic E-state index is 12.1. The molecule has 1 aliphatic heterocycles. The Morgan fingerprint density at radius 3 is 2.21 bits per heavy atom. The van der Waals surface area contributed by atoms with Crippen LogP contribution < -0.4 is 5.73 Å². The van der Waals surface area contributed by atoms with Gasteiger partial charge in [-0.2, -0.15) is 13.2 Å². The second-order valence-corrected chi connectivity index (χ2v) is 7.70. The van der Waals surface area contributed by atoms with E-state index in [0.29, 0.717) is 5.56 Å². The van der Waals surface area contributed by atoms with Crippen molar-refractivity contribution in [1.82, 2.24) is 4.90 Å². The number of amides is 1. The maximum absolute atomic E-state index is 12.1. The minimum absolute atomic E-state index is 0.0435. The maximum Gasteiger partial charge on any atom is 0.416 e. The van der Waals surface area contributed by atoms with Gasteiger partial charge in [0, 0.05) is 14.2 Å². The Bertz CT molecular complexity index is 788. The molecule has 1 fully saturated rings. The van der Waals surface area contributed by atoms with Gasteiger partial charge in [-0.1, -0.05) is 48.1 Å². The van der Waals surface area contributed by atoms with Crippen LogP contribution in [0.5, 0.6) is 0 Å². The number of rotatable bonds is 6. The minimum Gasteiger partial charge on any atom is -0.388 e. The fourth-order valence-corrected chi connectivity index (χ4v) is 3.33. The van der Waals surface area contributed by atoms with Gasteiger partial charge in [0.05, 0.1) is 12.0 Å². The number of ether oxygens (including phenoxy) is 1. The number of benzene rings is 1. The van der Waals surface area contributed by atoms with Crippen LogP contribution in [0, 0.1) is 12.8 Å². The zero-order valence-electron chi connectivity index (χ0n) is 20.2. The lowest BCUT2D eigenvalue weighted by Gasteiger charge is -2.14. The van der Waals surface area contributed by atoms with E-state index in [0.717, 1.165) is 18.6 Å². The summed E-state index contributed by atoms with van der Waals surface area (Å²) in [5.74, 6) is -0.565. The summed E-state index contributed by atoms with van der Waals surface area (Å²) in [5.41, 5.74) is 6.15. The lowest BCUT2D eigenvalue weighted by molar-refractivity contribution is -0.137. The number of hydrogen-bond donors (Lipinski definition) is 1. The van der Waals surface area contributed by atoms with Crippen LogP contribution in [0.4, 0.5) is 13.2 Å². The third-order valence-corrected chi connectivity index (χ3v) is 4.87. The quantitative estimate of drug-likeness (QED) is 0.546. The van der Waals surface area contributed by atoms with Gasteiger partial charge in [0.2, 0.25) is 5.91 Å². The van der Waals surface area contributed by atoms with Crippen LogP contribution in [-0.2, 0) is 22.1 Å². The Morgan fingerprint density at radius 2 is 1.68 bits per heavy atom.